The van der Waals surface area contributed by atoms with Crippen LogP contribution in [-0.2, 0) is 9.31 Å². The van der Waals surface area contributed by atoms with Gasteiger partial charge in [0.05, 0.1) is 11.7 Å². The third-order valence-electron chi connectivity index (χ3n) is 5.17. The Morgan fingerprint density at radius 1 is 1.25 bits per heavy atom. The second-order valence-corrected chi connectivity index (χ2v) is 7.34. The molecule has 4 aliphatic rings. The zero-order valence-corrected chi connectivity index (χ0v) is 11.4. The molecule has 0 unspecified atom stereocenters. The number of rotatable bonds is 1. The van der Waals surface area contributed by atoms with Crippen molar-refractivity contribution in [1.29, 1.82) is 0 Å². The van der Waals surface area contributed by atoms with E-state index >= 15 is 0 Å². The van der Waals surface area contributed by atoms with Crippen LogP contribution < -0.4 is 0 Å². The Morgan fingerprint density at radius 3 is 2.50 bits per heavy atom. The third kappa shape index (κ3) is 1.29. The van der Waals surface area contributed by atoms with Crippen molar-refractivity contribution in [1.82, 2.24) is 0 Å². The molecule has 5 heteroatoms. The molecule has 0 amide bonds. The predicted octanol–water partition coefficient (Wildman–Crippen LogP) is 3.06. The molecule has 2 nitrogen and oxygen atoms in total. The van der Waals surface area contributed by atoms with Gasteiger partial charge in [-0.1, -0.05) is 13.8 Å². The van der Waals surface area contributed by atoms with Crippen molar-refractivity contribution in [3.63, 3.8) is 0 Å². The van der Waals surface area contributed by atoms with Crippen LogP contribution in [0.1, 0.15) is 33.6 Å². The van der Waals surface area contributed by atoms with E-state index < -0.39 is 11.9 Å². The molecule has 4 rings (SSSR count). The fourth-order valence-corrected chi connectivity index (χ4v) is 4.23. The Bertz CT molecular complexity index is 323. The van der Waals surface area contributed by atoms with E-state index in [-0.39, 0.29) is 11.7 Å². The molecule has 0 radical (unpaired) electrons. The van der Waals surface area contributed by atoms with Gasteiger partial charge in [0, 0.05) is 0 Å². The summed E-state index contributed by atoms with van der Waals surface area (Å²) in [6.07, 6.45) is 2.51. The Kier molecular flexibility index (Phi) is 2.41. The quantitative estimate of drug-likeness (QED) is 0.534. The SMILES string of the molecule is CC1(C)[C@@H]2C[C@H]3OB(C(Cl)Cl)O[C@@]3(C)[C@H]1C2. The van der Waals surface area contributed by atoms with Crippen LogP contribution in [-0.4, -0.2) is 23.6 Å². The lowest BCUT2D eigenvalue weighted by atomic mass is 9.43. The summed E-state index contributed by atoms with van der Waals surface area (Å²) in [4.78, 5) is 0. The van der Waals surface area contributed by atoms with Crippen LogP contribution in [0.5, 0.6) is 0 Å². The van der Waals surface area contributed by atoms with Gasteiger partial charge in [0.2, 0.25) is 0 Å². The summed E-state index contributed by atoms with van der Waals surface area (Å²) in [5.74, 6) is 1.34. The minimum atomic E-state index is -0.595. The topological polar surface area (TPSA) is 18.5 Å². The van der Waals surface area contributed by atoms with Gasteiger partial charge in [-0.3, -0.25) is 0 Å². The van der Waals surface area contributed by atoms with E-state index in [1.807, 2.05) is 0 Å². The van der Waals surface area contributed by atoms with Gasteiger partial charge in [0.15, 0.2) is 0 Å². The Labute approximate surface area is 107 Å². The lowest BCUT2D eigenvalue weighted by molar-refractivity contribution is -0.199. The summed E-state index contributed by atoms with van der Waals surface area (Å²) in [5.41, 5.74) is 0.183. The van der Waals surface area contributed by atoms with E-state index in [9.17, 15) is 0 Å². The van der Waals surface area contributed by atoms with Crippen LogP contribution in [0.25, 0.3) is 0 Å². The van der Waals surface area contributed by atoms with Gasteiger partial charge in [-0.25, -0.2) is 0 Å². The summed E-state index contributed by atoms with van der Waals surface area (Å²) in [7, 11) is -0.450. The summed E-state index contributed by atoms with van der Waals surface area (Å²) in [6.45, 7) is 6.83. The zero-order valence-electron chi connectivity index (χ0n) is 9.87. The molecule has 0 aromatic carbocycles. The first-order chi connectivity index (χ1) is 7.35. The molecular weight excluding hydrogens is 246 g/mol. The molecule has 1 heterocycles. The molecule has 0 N–H and O–H groups in total. The highest BCUT2D eigenvalue weighted by atomic mass is 35.5. The van der Waals surface area contributed by atoms with Crippen LogP contribution in [0.4, 0.5) is 0 Å². The predicted molar refractivity (Wildman–Crippen MR) is 65.6 cm³/mol. The second-order valence-electron chi connectivity index (χ2n) is 6.17. The van der Waals surface area contributed by atoms with Crippen LogP contribution in [0.2, 0.25) is 0 Å². The first kappa shape index (κ1) is 11.6. The van der Waals surface area contributed by atoms with Crippen molar-refractivity contribution in [3.05, 3.63) is 0 Å². The van der Waals surface area contributed by atoms with Crippen LogP contribution in [0.3, 0.4) is 0 Å². The van der Waals surface area contributed by atoms with Gasteiger partial charge in [-0.05, 0) is 37.0 Å². The molecular formula is C11H17BCl2O2. The monoisotopic (exact) mass is 262 g/mol. The van der Waals surface area contributed by atoms with Gasteiger partial charge in [-0.2, -0.15) is 0 Å². The van der Waals surface area contributed by atoms with Crippen molar-refractivity contribution in [2.24, 2.45) is 17.3 Å². The molecule has 1 saturated heterocycles. The largest absolute Gasteiger partial charge is 0.492 e. The highest BCUT2D eigenvalue weighted by Crippen LogP contribution is 2.65. The Morgan fingerprint density at radius 2 is 1.94 bits per heavy atom. The molecule has 3 aliphatic carbocycles. The van der Waals surface area contributed by atoms with E-state index in [2.05, 4.69) is 20.8 Å². The van der Waals surface area contributed by atoms with E-state index in [0.717, 1.165) is 12.3 Å². The van der Waals surface area contributed by atoms with E-state index in [1.54, 1.807) is 0 Å². The third-order valence-corrected chi connectivity index (χ3v) is 5.59. The van der Waals surface area contributed by atoms with Gasteiger partial charge < -0.3 is 9.31 Å². The first-order valence-corrected chi connectivity index (χ1v) is 6.84. The number of hydrogen-bond donors (Lipinski definition) is 0. The number of halogens is 2. The minimum absolute atomic E-state index is 0.175. The van der Waals surface area contributed by atoms with E-state index in [4.69, 9.17) is 32.5 Å². The molecule has 0 aromatic heterocycles. The van der Waals surface area contributed by atoms with Gasteiger partial charge in [0.25, 0.3) is 0 Å². The Hall–Kier alpha value is 0.565. The minimum Gasteiger partial charge on any atom is -0.404 e. The van der Waals surface area contributed by atoms with Gasteiger partial charge in [-0.15, -0.1) is 23.2 Å². The van der Waals surface area contributed by atoms with Crippen molar-refractivity contribution in [2.75, 3.05) is 0 Å². The van der Waals surface area contributed by atoms with Crippen molar-refractivity contribution in [3.8, 4) is 0 Å². The maximum atomic E-state index is 6.01. The van der Waals surface area contributed by atoms with Crippen LogP contribution >= 0.6 is 23.2 Å². The highest BCUT2D eigenvalue weighted by molar-refractivity contribution is 6.73. The zero-order chi connectivity index (χ0) is 11.7. The molecule has 1 aliphatic heterocycles. The summed E-state index contributed by atoms with van der Waals surface area (Å²) in [6, 6.07) is 0. The molecule has 4 atom stereocenters. The first-order valence-electron chi connectivity index (χ1n) is 5.97. The summed E-state index contributed by atoms with van der Waals surface area (Å²) < 4.78 is 11.3. The van der Waals surface area contributed by atoms with Crippen molar-refractivity contribution >= 4 is 30.3 Å². The fourth-order valence-electron chi connectivity index (χ4n) is 4.00. The van der Waals surface area contributed by atoms with Crippen molar-refractivity contribution in [2.45, 2.75) is 50.1 Å². The lowest BCUT2D eigenvalue weighted by Crippen LogP contribution is -2.65. The highest BCUT2D eigenvalue weighted by Gasteiger charge is 2.68. The van der Waals surface area contributed by atoms with Crippen LogP contribution in [0.15, 0.2) is 0 Å². The van der Waals surface area contributed by atoms with Gasteiger partial charge >= 0.3 is 7.12 Å². The molecule has 2 bridgehead atoms. The second kappa shape index (κ2) is 3.31. The smallest absolute Gasteiger partial charge is 0.404 e. The van der Waals surface area contributed by atoms with E-state index in [0.29, 0.717) is 11.3 Å². The van der Waals surface area contributed by atoms with Gasteiger partial charge in [0.1, 0.15) is 4.74 Å². The summed E-state index contributed by atoms with van der Waals surface area (Å²) >= 11 is 11.7. The molecule has 0 aromatic rings. The maximum absolute atomic E-state index is 6.01. The number of alkyl halides is 2. The molecule has 16 heavy (non-hydrogen) atoms. The molecule has 0 spiro atoms. The average Bonchev–Trinajstić information content (AvgIpc) is 2.54. The maximum Gasteiger partial charge on any atom is 0.492 e. The number of hydrogen-bond acceptors (Lipinski definition) is 2. The molecule has 90 valence electrons. The van der Waals surface area contributed by atoms with Crippen molar-refractivity contribution < 1.29 is 9.31 Å². The normalized spacial score (nSPS) is 49.1. The van der Waals surface area contributed by atoms with E-state index in [1.165, 1.54) is 6.42 Å². The molecule has 4 fully saturated rings. The molecule has 3 saturated carbocycles. The van der Waals surface area contributed by atoms with Crippen LogP contribution in [0, 0.1) is 17.3 Å². The summed E-state index contributed by atoms with van der Waals surface area (Å²) in [5, 5.41) is 0. The fraction of sp³-hybridized carbons (Fsp3) is 1.00. The lowest BCUT2D eigenvalue weighted by Gasteiger charge is -2.64. The average molecular weight is 263 g/mol. The standard InChI is InChI=1S/C11H17BCl2O2/c1-10(2)6-4-7(10)11(3)8(5-6)15-12(16-11)9(13)14/h6-9H,4-5H2,1-3H3/t6-,7-,8+,11-/m0/s1. The Balaban J connectivity index is 1.87.